The third-order valence-electron chi connectivity index (χ3n) is 3.48. The smallest absolute Gasteiger partial charge is 0.170 e. The van der Waals surface area contributed by atoms with Crippen molar-refractivity contribution in [2.45, 2.75) is 26.3 Å². The molecule has 0 amide bonds. The van der Waals surface area contributed by atoms with Gasteiger partial charge in [-0.05, 0) is 25.5 Å². The molecule has 0 spiro atoms. The van der Waals surface area contributed by atoms with Gasteiger partial charge in [0.2, 0.25) is 0 Å². The van der Waals surface area contributed by atoms with Gasteiger partial charge in [0.1, 0.15) is 0 Å². The second-order valence-electron chi connectivity index (χ2n) is 4.65. The van der Waals surface area contributed by atoms with Gasteiger partial charge in [-0.1, -0.05) is 13.3 Å². The van der Waals surface area contributed by atoms with Gasteiger partial charge in [0.25, 0.3) is 0 Å². The number of halogens is 1. The monoisotopic (exact) mass is 237 g/mol. The van der Waals surface area contributed by atoms with Gasteiger partial charge in [0, 0.05) is 31.4 Å². The lowest BCUT2D eigenvalue weighted by Gasteiger charge is -2.19. The molecule has 3 nitrogen and oxygen atoms in total. The Morgan fingerprint density at radius 3 is 3.06 bits per heavy atom. The summed E-state index contributed by atoms with van der Waals surface area (Å²) in [6, 6.07) is 1.74. The molecule has 0 aliphatic carbocycles. The van der Waals surface area contributed by atoms with E-state index in [-0.39, 0.29) is 5.82 Å². The van der Waals surface area contributed by atoms with Crippen LogP contribution >= 0.6 is 0 Å². The third-order valence-corrected chi connectivity index (χ3v) is 3.48. The molecule has 4 heteroatoms. The fourth-order valence-corrected chi connectivity index (χ4v) is 2.38. The SMILES string of the molecule is CCC1CCN(c2nccc(CNC)c2F)C1. The number of hydrogen-bond acceptors (Lipinski definition) is 3. The standard InChI is InChI=1S/C13H20FN3/c1-3-10-5-7-17(9-10)13-12(14)11(8-15-2)4-6-16-13/h4,6,10,15H,3,5,7-9H2,1-2H3. The molecule has 1 aliphatic heterocycles. The Kier molecular flexibility index (Phi) is 3.94. The maximum absolute atomic E-state index is 14.2. The van der Waals surface area contributed by atoms with E-state index in [0.29, 0.717) is 23.8 Å². The summed E-state index contributed by atoms with van der Waals surface area (Å²) in [5, 5.41) is 2.98. The Hall–Kier alpha value is -1.16. The molecule has 0 saturated carbocycles. The summed E-state index contributed by atoms with van der Waals surface area (Å²) in [6.07, 6.45) is 4.01. The first-order valence-electron chi connectivity index (χ1n) is 6.29. The van der Waals surface area contributed by atoms with E-state index in [9.17, 15) is 4.39 Å². The lowest BCUT2D eigenvalue weighted by Crippen LogP contribution is -2.23. The highest BCUT2D eigenvalue weighted by atomic mass is 19.1. The average molecular weight is 237 g/mol. The molecule has 1 saturated heterocycles. The van der Waals surface area contributed by atoms with E-state index in [4.69, 9.17) is 0 Å². The van der Waals surface area contributed by atoms with Gasteiger partial charge >= 0.3 is 0 Å². The van der Waals surface area contributed by atoms with Gasteiger partial charge in [-0.3, -0.25) is 0 Å². The molecule has 1 N–H and O–H groups in total. The van der Waals surface area contributed by atoms with Gasteiger partial charge in [0.05, 0.1) is 0 Å². The fraction of sp³-hybridized carbons (Fsp3) is 0.615. The first kappa shape index (κ1) is 12.3. The van der Waals surface area contributed by atoms with Gasteiger partial charge < -0.3 is 10.2 Å². The summed E-state index contributed by atoms with van der Waals surface area (Å²) in [4.78, 5) is 6.27. The van der Waals surface area contributed by atoms with Crippen LogP contribution in [0.15, 0.2) is 12.3 Å². The zero-order valence-corrected chi connectivity index (χ0v) is 10.5. The summed E-state index contributed by atoms with van der Waals surface area (Å²) in [5.41, 5.74) is 0.692. The van der Waals surface area contributed by atoms with Crippen molar-refractivity contribution in [1.82, 2.24) is 10.3 Å². The Morgan fingerprint density at radius 2 is 2.41 bits per heavy atom. The molecule has 1 aromatic rings. The minimum Gasteiger partial charge on any atom is -0.354 e. The predicted octanol–water partition coefficient (Wildman–Crippen LogP) is 2.18. The maximum Gasteiger partial charge on any atom is 0.170 e. The van der Waals surface area contributed by atoms with Gasteiger partial charge in [-0.15, -0.1) is 0 Å². The molecule has 1 fully saturated rings. The van der Waals surface area contributed by atoms with Crippen LogP contribution in [0.4, 0.5) is 10.2 Å². The largest absolute Gasteiger partial charge is 0.354 e. The van der Waals surface area contributed by atoms with Crippen molar-refractivity contribution in [3.8, 4) is 0 Å². The van der Waals surface area contributed by atoms with E-state index in [1.165, 1.54) is 0 Å². The quantitative estimate of drug-likeness (QED) is 0.870. The van der Waals surface area contributed by atoms with Crippen molar-refractivity contribution < 1.29 is 4.39 Å². The predicted molar refractivity (Wildman–Crippen MR) is 67.6 cm³/mol. The Balaban J connectivity index is 2.18. The second-order valence-corrected chi connectivity index (χ2v) is 4.65. The van der Waals surface area contributed by atoms with E-state index in [0.717, 1.165) is 25.9 Å². The van der Waals surface area contributed by atoms with Crippen molar-refractivity contribution in [3.63, 3.8) is 0 Å². The third kappa shape index (κ3) is 2.57. The Bertz CT molecular complexity index is 381. The molecule has 0 bridgehead atoms. The maximum atomic E-state index is 14.2. The summed E-state index contributed by atoms with van der Waals surface area (Å²) < 4.78 is 14.2. The number of aromatic nitrogens is 1. The highest BCUT2D eigenvalue weighted by molar-refractivity contribution is 5.44. The molecule has 94 valence electrons. The first-order valence-corrected chi connectivity index (χ1v) is 6.29. The molecular weight excluding hydrogens is 217 g/mol. The highest BCUT2D eigenvalue weighted by Crippen LogP contribution is 2.27. The molecule has 1 unspecified atom stereocenters. The molecule has 1 aliphatic rings. The van der Waals surface area contributed by atoms with Gasteiger partial charge in [-0.25, -0.2) is 9.37 Å². The Morgan fingerprint density at radius 1 is 1.59 bits per heavy atom. The number of anilines is 1. The molecule has 0 aromatic carbocycles. The van der Waals surface area contributed by atoms with Gasteiger partial charge in [-0.2, -0.15) is 0 Å². The molecule has 0 radical (unpaired) electrons. The molecular formula is C13H20FN3. The highest BCUT2D eigenvalue weighted by Gasteiger charge is 2.24. The zero-order valence-electron chi connectivity index (χ0n) is 10.5. The van der Waals surface area contributed by atoms with Crippen LogP contribution in [0.1, 0.15) is 25.3 Å². The topological polar surface area (TPSA) is 28.2 Å². The minimum atomic E-state index is -0.168. The summed E-state index contributed by atoms with van der Waals surface area (Å²) in [6.45, 7) is 4.59. The lowest BCUT2D eigenvalue weighted by atomic mass is 10.1. The van der Waals surface area contributed by atoms with Crippen LogP contribution in [-0.2, 0) is 6.54 Å². The number of nitrogens with zero attached hydrogens (tertiary/aromatic N) is 2. The number of rotatable bonds is 4. The van der Waals surface area contributed by atoms with E-state index < -0.39 is 0 Å². The molecule has 2 rings (SSSR count). The molecule has 17 heavy (non-hydrogen) atoms. The van der Waals surface area contributed by atoms with Crippen LogP contribution in [0.2, 0.25) is 0 Å². The van der Waals surface area contributed by atoms with E-state index in [1.807, 2.05) is 7.05 Å². The van der Waals surface area contributed by atoms with Crippen LogP contribution < -0.4 is 10.2 Å². The number of nitrogens with one attached hydrogen (secondary N) is 1. The van der Waals surface area contributed by atoms with Crippen molar-refractivity contribution in [2.75, 3.05) is 25.0 Å². The van der Waals surface area contributed by atoms with Crippen molar-refractivity contribution in [1.29, 1.82) is 0 Å². The second kappa shape index (κ2) is 5.45. The van der Waals surface area contributed by atoms with Crippen LogP contribution in [0, 0.1) is 11.7 Å². The molecule has 2 heterocycles. The molecule has 1 atom stereocenters. The summed E-state index contributed by atoms with van der Waals surface area (Å²) in [5.74, 6) is 1.04. The van der Waals surface area contributed by atoms with E-state index >= 15 is 0 Å². The number of hydrogen-bond donors (Lipinski definition) is 1. The zero-order chi connectivity index (χ0) is 12.3. The van der Waals surface area contributed by atoms with E-state index in [2.05, 4.69) is 22.1 Å². The summed E-state index contributed by atoms with van der Waals surface area (Å²) in [7, 11) is 1.82. The fourth-order valence-electron chi connectivity index (χ4n) is 2.38. The van der Waals surface area contributed by atoms with Crippen molar-refractivity contribution >= 4 is 5.82 Å². The van der Waals surface area contributed by atoms with Crippen molar-refractivity contribution in [3.05, 3.63) is 23.6 Å². The van der Waals surface area contributed by atoms with Crippen molar-refractivity contribution in [2.24, 2.45) is 5.92 Å². The van der Waals surface area contributed by atoms with E-state index in [1.54, 1.807) is 12.3 Å². The first-order chi connectivity index (χ1) is 8.26. The van der Waals surface area contributed by atoms with Crippen LogP contribution in [-0.4, -0.2) is 25.1 Å². The summed E-state index contributed by atoms with van der Waals surface area (Å²) >= 11 is 0. The average Bonchev–Trinajstić information content (AvgIpc) is 2.80. The minimum absolute atomic E-state index is 0.168. The van der Waals surface area contributed by atoms with Crippen LogP contribution in [0.25, 0.3) is 0 Å². The molecule has 1 aromatic heterocycles. The van der Waals surface area contributed by atoms with Crippen LogP contribution in [0.3, 0.4) is 0 Å². The van der Waals surface area contributed by atoms with Crippen LogP contribution in [0.5, 0.6) is 0 Å². The normalized spacial score (nSPS) is 19.9. The Labute approximate surface area is 102 Å². The number of pyridine rings is 1. The van der Waals surface area contributed by atoms with Gasteiger partial charge in [0.15, 0.2) is 11.6 Å². The lowest BCUT2D eigenvalue weighted by molar-refractivity contribution is 0.563.